The van der Waals surface area contributed by atoms with Crippen LogP contribution in [0.4, 0.5) is 5.69 Å². The van der Waals surface area contributed by atoms with Crippen LogP contribution in [0.15, 0.2) is 24.7 Å². The van der Waals surface area contributed by atoms with Crippen LogP contribution in [0.2, 0.25) is 5.15 Å². The van der Waals surface area contributed by atoms with Gasteiger partial charge >= 0.3 is 11.8 Å². The van der Waals surface area contributed by atoms with E-state index in [0.29, 0.717) is 24.7 Å². The fourth-order valence-electron chi connectivity index (χ4n) is 3.03. The van der Waals surface area contributed by atoms with Gasteiger partial charge in [-0.25, -0.2) is 4.98 Å². The zero-order valence-corrected chi connectivity index (χ0v) is 15.0. The molecule has 1 N–H and O–H groups in total. The van der Waals surface area contributed by atoms with Crippen molar-refractivity contribution >= 4 is 29.1 Å². The molecule has 0 radical (unpaired) electrons. The lowest BCUT2D eigenvalue weighted by Gasteiger charge is -2.31. The Morgan fingerprint density at radius 1 is 1.28 bits per heavy atom. The molecule has 2 aromatic heterocycles. The molecule has 2 aromatic rings. The minimum atomic E-state index is -0.686. The first kappa shape index (κ1) is 17.4. The summed E-state index contributed by atoms with van der Waals surface area (Å²) >= 11 is 5.96. The van der Waals surface area contributed by atoms with Gasteiger partial charge in [0, 0.05) is 32.5 Å². The summed E-state index contributed by atoms with van der Waals surface area (Å²) in [5.41, 5.74) is 2.38. The number of aromatic nitrogens is 3. The first-order valence-corrected chi connectivity index (χ1v) is 8.53. The van der Waals surface area contributed by atoms with Crippen LogP contribution in [0.3, 0.4) is 0 Å². The molecule has 1 fully saturated rings. The highest BCUT2D eigenvalue weighted by atomic mass is 35.5. The Balaban J connectivity index is 1.58. The Kier molecular flexibility index (Phi) is 5.03. The largest absolute Gasteiger partial charge is 0.334 e. The molecule has 7 nitrogen and oxygen atoms in total. The fraction of sp³-hybridized carbons (Fsp3) is 0.412. The van der Waals surface area contributed by atoms with Crippen molar-refractivity contribution in [1.82, 2.24) is 19.7 Å². The Labute approximate surface area is 151 Å². The van der Waals surface area contributed by atoms with E-state index in [0.717, 1.165) is 18.4 Å². The highest BCUT2D eigenvalue weighted by molar-refractivity contribution is 6.41. The van der Waals surface area contributed by atoms with Crippen LogP contribution in [0.1, 0.15) is 29.9 Å². The number of halogens is 1. The van der Waals surface area contributed by atoms with E-state index in [2.05, 4.69) is 15.4 Å². The number of carbonyl (C=O) groups excluding carboxylic acids is 2. The monoisotopic (exact) mass is 361 g/mol. The topological polar surface area (TPSA) is 80.1 Å². The number of nitrogens with one attached hydrogen (secondary N) is 1. The Morgan fingerprint density at radius 2 is 2.00 bits per heavy atom. The van der Waals surface area contributed by atoms with Crippen LogP contribution in [0.5, 0.6) is 0 Å². The van der Waals surface area contributed by atoms with Crippen LogP contribution in [0, 0.1) is 6.92 Å². The summed E-state index contributed by atoms with van der Waals surface area (Å²) in [4.78, 5) is 30.2. The maximum atomic E-state index is 12.4. The molecule has 0 atom stereocenters. The summed E-state index contributed by atoms with van der Waals surface area (Å²) in [6.45, 7) is 2.93. The summed E-state index contributed by atoms with van der Waals surface area (Å²) in [7, 11) is 1.89. The molecule has 0 unspecified atom stereocenters. The molecule has 3 rings (SSSR count). The summed E-state index contributed by atoms with van der Waals surface area (Å²) in [5, 5.41) is 6.91. The van der Waals surface area contributed by atoms with Gasteiger partial charge in [-0.3, -0.25) is 14.3 Å². The van der Waals surface area contributed by atoms with E-state index in [1.807, 2.05) is 26.4 Å². The van der Waals surface area contributed by atoms with Gasteiger partial charge in [0.05, 0.1) is 11.9 Å². The Bertz CT molecular complexity index is 796. The van der Waals surface area contributed by atoms with Gasteiger partial charge in [0.2, 0.25) is 0 Å². The zero-order chi connectivity index (χ0) is 18.0. The zero-order valence-electron chi connectivity index (χ0n) is 14.2. The standard InChI is InChI=1S/C17H20ClN5O2/c1-11-7-14(15(18)19-8-11)21-16(24)17(25)23-5-3-12(4-6-23)13-9-20-22(2)10-13/h7-10,12H,3-6H2,1-2H3,(H,21,24). The number of rotatable bonds is 2. The number of hydrogen-bond acceptors (Lipinski definition) is 4. The molecule has 0 bridgehead atoms. The molecule has 1 saturated heterocycles. The predicted octanol–water partition coefficient (Wildman–Crippen LogP) is 2.12. The summed E-state index contributed by atoms with van der Waals surface area (Å²) in [6, 6.07) is 1.69. The summed E-state index contributed by atoms with van der Waals surface area (Å²) in [5.74, 6) is -0.854. The maximum Gasteiger partial charge on any atom is 0.313 e. The number of amides is 2. The van der Waals surface area contributed by atoms with Gasteiger partial charge < -0.3 is 10.2 Å². The molecular weight excluding hydrogens is 342 g/mol. The lowest BCUT2D eigenvalue weighted by Crippen LogP contribution is -2.43. The number of carbonyl (C=O) groups is 2. The number of pyridine rings is 1. The maximum absolute atomic E-state index is 12.4. The van der Waals surface area contributed by atoms with E-state index < -0.39 is 11.8 Å². The summed E-state index contributed by atoms with van der Waals surface area (Å²) in [6.07, 6.45) is 7.10. The van der Waals surface area contributed by atoms with Crippen molar-refractivity contribution in [3.63, 3.8) is 0 Å². The SMILES string of the molecule is Cc1cnc(Cl)c(NC(=O)C(=O)N2CCC(c3cnn(C)c3)CC2)c1. The number of aryl methyl sites for hydroxylation is 2. The molecule has 2 amide bonds. The van der Waals surface area contributed by atoms with Crippen LogP contribution in [-0.4, -0.2) is 44.6 Å². The van der Waals surface area contributed by atoms with Gasteiger partial charge in [-0.1, -0.05) is 11.6 Å². The Morgan fingerprint density at radius 3 is 2.64 bits per heavy atom. The van der Waals surface area contributed by atoms with Crippen molar-refractivity contribution in [3.8, 4) is 0 Å². The molecule has 3 heterocycles. The fourth-order valence-corrected chi connectivity index (χ4v) is 3.18. The van der Waals surface area contributed by atoms with Crippen molar-refractivity contribution < 1.29 is 9.59 Å². The first-order valence-electron chi connectivity index (χ1n) is 8.15. The van der Waals surface area contributed by atoms with Crippen molar-refractivity contribution in [3.05, 3.63) is 40.9 Å². The Hall–Kier alpha value is -2.41. The second-order valence-electron chi connectivity index (χ2n) is 6.32. The van der Waals surface area contributed by atoms with E-state index >= 15 is 0 Å². The highest BCUT2D eigenvalue weighted by Crippen LogP contribution is 2.27. The lowest BCUT2D eigenvalue weighted by molar-refractivity contribution is -0.143. The van der Waals surface area contributed by atoms with Crippen molar-refractivity contribution in [1.29, 1.82) is 0 Å². The normalized spacial score (nSPS) is 15.2. The van der Waals surface area contributed by atoms with Gasteiger partial charge in [0.25, 0.3) is 0 Å². The number of likely N-dealkylation sites (tertiary alicyclic amines) is 1. The van der Waals surface area contributed by atoms with Crippen molar-refractivity contribution in [2.75, 3.05) is 18.4 Å². The van der Waals surface area contributed by atoms with Crippen LogP contribution in [-0.2, 0) is 16.6 Å². The van der Waals surface area contributed by atoms with Gasteiger partial charge in [0.15, 0.2) is 5.15 Å². The second-order valence-corrected chi connectivity index (χ2v) is 6.68. The smallest absolute Gasteiger partial charge is 0.313 e. The van der Waals surface area contributed by atoms with E-state index in [1.165, 1.54) is 5.56 Å². The third-order valence-corrected chi connectivity index (χ3v) is 4.70. The molecule has 8 heteroatoms. The minimum absolute atomic E-state index is 0.169. The molecule has 1 aliphatic heterocycles. The van der Waals surface area contributed by atoms with Gasteiger partial charge in [-0.2, -0.15) is 5.10 Å². The predicted molar refractivity (Wildman–Crippen MR) is 94.4 cm³/mol. The van der Waals surface area contributed by atoms with Gasteiger partial charge in [-0.05, 0) is 42.9 Å². The highest BCUT2D eigenvalue weighted by Gasteiger charge is 2.28. The van der Waals surface area contributed by atoms with Gasteiger partial charge in [0.1, 0.15) is 0 Å². The van der Waals surface area contributed by atoms with E-state index in [1.54, 1.807) is 21.8 Å². The minimum Gasteiger partial charge on any atom is -0.334 e. The molecule has 0 saturated carbocycles. The number of piperidine rings is 1. The number of nitrogens with zero attached hydrogens (tertiary/aromatic N) is 4. The number of hydrogen-bond donors (Lipinski definition) is 1. The van der Waals surface area contributed by atoms with E-state index in [-0.39, 0.29) is 5.15 Å². The number of anilines is 1. The third-order valence-electron chi connectivity index (χ3n) is 4.40. The lowest BCUT2D eigenvalue weighted by atomic mass is 9.91. The van der Waals surface area contributed by atoms with Crippen molar-refractivity contribution in [2.24, 2.45) is 7.05 Å². The van der Waals surface area contributed by atoms with E-state index in [4.69, 9.17) is 11.6 Å². The molecule has 0 aromatic carbocycles. The van der Waals surface area contributed by atoms with Crippen molar-refractivity contribution in [2.45, 2.75) is 25.7 Å². The summed E-state index contributed by atoms with van der Waals surface area (Å²) < 4.78 is 1.78. The average molecular weight is 362 g/mol. The van der Waals surface area contributed by atoms with Gasteiger partial charge in [-0.15, -0.1) is 0 Å². The first-order chi connectivity index (χ1) is 11.9. The molecule has 0 aliphatic carbocycles. The molecule has 0 spiro atoms. The molecule has 132 valence electrons. The molecule has 25 heavy (non-hydrogen) atoms. The third kappa shape index (κ3) is 3.99. The molecular formula is C17H20ClN5O2. The molecule has 1 aliphatic rings. The van der Waals surface area contributed by atoms with Crippen LogP contribution in [0.25, 0.3) is 0 Å². The van der Waals surface area contributed by atoms with Crippen LogP contribution < -0.4 is 5.32 Å². The second kappa shape index (κ2) is 7.23. The quantitative estimate of drug-likeness (QED) is 0.656. The van der Waals surface area contributed by atoms with Crippen LogP contribution >= 0.6 is 11.6 Å². The van der Waals surface area contributed by atoms with E-state index in [9.17, 15) is 9.59 Å². The average Bonchev–Trinajstić information content (AvgIpc) is 3.04.